The van der Waals surface area contributed by atoms with Crippen LogP contribution in [0.1, 0.15) is 6.92 Å². The minimum Gasteiger partial charge on any atom is -0.480 e. The van der Waals surface area contributed by atoms with E-state index in [-0.39, 0.29) is 12.3 Å². The number of amides is 1. The minimum absolute atomic E-state index is 0.0355. The number of aliphatic hydroxyl groups excluding tert-OH is 1. The normalized spacial score (nSPS) is 26.3. The van der Waals surface area contributed by atoms with Gasteiger partial charge in [-0.25, -0.2) is 4.79 Å². The Morgan fingerprint density at radius 1 is 1.42 bits per heavy atom. The van der Waals surface area contributed by atoms with E-state index in [1.54, 1.807) is 14.0 Å². The lowest BCUT2D eigenvalue weighted by atomic mass is 9.96. The van der Waals surface area contributed by atoms with Crippen LogP contribution in [-0.2, 0) is 19.1 Å². The second-order valence-electron chi connectivity index (χ2n) is 5.65. The van der Waals surface area contributed by atoms with E-state index in [4.69, 9.17) is 9.84 Å². The Labute approximate surface area is 154 Å². The fraction of sp³-hybridized carbons (Fsp3) is 0.533. The number of carboxylic acids is 2. The molecule has 11 heteroatoms. The van der Waals surface area contributed by atoms with Gasteiger partial charge in [0.15, 0.2) is 18.4 Å². The highest BCUT2D eigenvalue weighted by Crippen LogP contribution is 2.36. The summed E-state index contributed by atoms with van der Waals surface area (Å²) >= 11 is 1.29. The standard InChI is InChI=1S/C15H21N3O7S/c1-3-4-8(14(21)22)11(19)17-9-12(20)18-10(15(23)24)7(6-26-16-2)5-25-13(9)18/h3-4,8-9,12-13,16,20H,5-6H2,1-2H3,(H,17,19)(H,21,22)(H,23,24)/b4-3+. The largest absolute Gasteiger partial charge is 0.480 e. The third kappa shape index (κ3) is 3.85. The summed E-state index contributed by atoms with van der Waals surface area (Å²) in [5.74, 6) is -4.38. The van der Waals surface area contributed by atoms with Gasteiger partial charge in [0.2, 0.25) is 5.91 Å². The van der Waals surface area contributed by atoms with E-state index in [2.05, 4.69) is 10.0 Å². The Kier molecular flexibility index (Phi) is 6.64. The first-order valence-corrected chi connectivity index (χ1v) is 8.79. The number of allylic oxidation sites excluding steroid dienone is 1. The lowest BCUT2D eigenvalue weighted by Crippen LogP contribution is -2.75. The first-order chi connectivity index (χ1) is 12.3. The zero-order valence-electron chi connectivity index (χ0n) is 14.2. The van der Waals surface area contributed by atoms with Crippen molar-refractivity contribution >= 4 is 29.8 Å². The predicted octanol–water partition coefficient (Wildman–Crippen LogP) is -1.06. The maximum absolute atomic E-state index is 12.2. The maximum Gasteiger partial charge on any atom is 0.352 e. The molecule has 0 spiro atoms. The monoisotopic (exact) mass is 387 g/mol. The van der Waals surface area contributed by atoms with Crippen molar-refractivity contribution in [1.82, 2.24) is 14.9 Å². The average Bonchev–Trinajstić information content (AvgIpc) is 2.60. The molecule has 2 heterocycles. The van der Waals surface area contributed by atoms with Gasteiger partial charge < -0.3 is 30.3 Å². The summed E-state index contributed by atoms with van der Waals surface area (Å²) in [6, 6.07) is -0.928. The number of carboxylic acid groups (broad SMARTS) is 2. The summed E-state index contributed by atoms with van der Waals surface area (Å²) in [7, 11) is 1.70. The summed E-state index contributed by atoms with van der Waals surface area (Å²) in [6.45, 7) is 1.62. The van der Waals surface area contributed by atoms with E-state index in [1.165, 1.54) is 29.0 Å². The second kappa shape index (κ2) is 8.54. The Bertz CT molecular complexity index is 651. The fourth-order valence-electron chi connectivity index (χ4n) is 2.83. The summed E-state index contributed by atoms with van der Waals surface area (Å²) in [6.07, 6.45) is 0.460. The van der Waals surface area contributed by atoms with E-state index in [9.17, 15) is 24.6 Å². The maximum atomic E-state index is 12.2. The van der Waals surface area contributed by atoms with Gasteiger partial charge in [-0.3, -0.25) is 14.3 Å². The Morgan fingerprint density at radius 2 is 2.12 bits per heavy atom. The molecule has 2 rings (SSSR count). The third-order valence-electron chi connectivity index (χ3n) is 4.04. The zero-order chi connectivity index (χ0) is 19.4. The molecule has 0 aliphatic carbocycles. The van der Waals surface area contributed by atoms with Crippen molar-refractivity contribution in [3.8, 4) is 0 Å². The van der Waals surface area contributed by atoms with Crippen molar-refractivity contribution in [3.05, 3.63) is 23.4 Å². The van der Waals surface area contributed by atoms with Crippen molar-refractivity contribution in [2.75, 3.05) is 19.4 Å². The number of rotatable bonds is 8. The van der Waals surface area contributed by atoms with Gasteiger partial charge in [0, 0.05) is 5.75 Å². The van der Waals surface area contributed by atoms with Crippen LogP contribution in [-0.4, -0.2) is 76.0 Å². The summed E-state index contributed by atoms with van der Waals surface area (Å²) in [4.78, 5) is 36.1. The van der Waals surface area contributed by atoms with Crippen LogP contribution in [0.25, 0.3) is 0 Å². The van der Waals surface area contributed by atoms with Crippen LogP contribution in [0.15, 0.2) is 23.4 Å². The molecular weight excluding hydrogens is 366 g/mol. The van der Waals surface area contributed by atoms with Crippen molar-refractivity contribution in [2.24, 2.45) is 5.92 Å². The van der Waals surface area contributed by atoms with Gasteiger partial charge in [0.25, 0.3) is 0 Å². The van der Waals surface area contributed by atoms with Crippen LogP contribution in [0.3, 0.4) is 0 Å². The van der Waals surface area contributed by atoms with E-state index >= 15 is 0 Å². The number of aliphatic carboxylic acids is 2. The molecule has 26 heavy (non-hydrogen) atoms. The van der Waals surface area contributed by atoms with Crippen LogP contribution >= 0.6 is 11.9 Å². The molecule has 10 nitrogen and oxygen atoms in total. The second-order valence-corrected chi connectivity index (χ2v) is 6.63. The molecule has 0 aromatic rings. The van der Waals surface area contributed by atoms with E-state index in [1.807, 2.05) is 0 Å². The number of carbonyl (C=O) groups excluding carboxylic acids is 1. The molecule has 0 saturated carbocycles. The molecule has 2 aliphatic heterocycles. The Balaban J connectivity index is 2.14. The van der Waals surface area contributed by atoms with Crippen molar-refractivity contribution in [2.45, 2.75) is 25.4 Å². The lowest BCUT2D eigenvalue weighted by molar-refractivity contribution is -0.238. The van der Waals surface area contributed by atoms with Gasteiger partial charge in [-0.2, -0.15) is 0 Å². The number of hydrogen-bond acceptors (Lipinski definition) is 8. The van der Waals surface area contributed by atoms with Crippen molar-refractivity contribution < 1.29 is 34.4 Å². The first-order valence-electron chi connectivity index (χ1n) is 7.81. The number of fused-ring (bicyclic) bond motifs is 1. The van der Waals surface area contributed by atoms with Crippen LogP contribution < -0.4 is 10.0 Å². The van der Waals surface area contributed by atoms with Crippen LogP contribution in [0.4, 0.5) is 0 Å². The molecule has 1 saturated heterocycles. The predicted molar refractivity (Wildman–Crippen MR) is 91.6 cm³/mol. The summed E-state index contributed by atoms with van der Waals surface area (Å²) in [5.41, 5.74) is 0.430. The van der Waals surface area contributed by atoms with Gasteiger partial charge in [0.1, 0.15) is 11.7 Å². The highest BCUT2D eigenvalue weighted by molar-refractivity contribution is 7.97. The molecule has 4 atom stereocenters. The van der Waals surface area contributed by atoms with Crippen LogP contribution in [0.5, 0.6) is 0 Å². The first kappa shape index (κ1) is 20.2. The quantitative estimate of drug-likeness (QED) is 0.198. The molecule has 1 fully saturated rings. The molecule has 0 bridgehead atoms. The van der Waals surface area contributed by atoms with Crippen LogP contribution in [0.2, 0.25) is 0 Å². The molecule has 4 unspecified atom stereocenters. The number of carbonyl (C=O) groups is 3. The number of nitrogens with one attached hydrogen (secondary N) is 2. The van der Waals surface area contributed by atoms with Gasteiger partial charge in [-0.05, 0) is 19.5 Å². The molecule has 0 radical (unpaired) electrons. The zero-order valence-corrected chi connectivity index (χ0v) is 15.0. The summed E-state index contributed by atoms with van der Waals surface area (Å²) in [5, 5.41) is 31.3. The minimum atomic E-state index is -1.40. The Hall–Kier alpha value is -2.08. The van der Waals surface area contributed by atoms with E-state index in [0.29, 0.717) is 11.3 Å². The number of nitrogens with zero attached hydrogens (tertiary/aromatic N) is 1. The number of aliphatic hydroxyl groups is 1. The lowest BCUT2D eigenvalue weighted by Gasteiger charge is -2.55. The smallest absolute Gasteiger partial charge is 0.352 e. The van der Waals surface area contributed by atoms with E-state index < -0.39 is 42.3 Å². The average molecular weight is 387 g/mol. The fourth-order valence-corrected chi connectivity index (χ4v) is 3.37. The molecule has 5 N–H and O–H groups in total. The highest BCUT2D eigenvalue weighted by atomic mass is 32.2. The molecule has 0 aromatic carbocycles. The topological polar surface area (TPSA) is 148 Å². The van der Waals surface area contributed by atoms with Gasteiger partial charge >= 0.3 is 11.9 Å². The molecule has 1 amide bonds. The SMILES string of the molecule is C/C=C/C(C(=O)O)C(=O)NC1C(O)N2C(C(=O)O)=C(CSNC)COC12. The molecule has 2 aliphatic rings. The number of ether oxygens (including phenoxy) is 1. The Morgan fingerprint density at radius 3 is 2.65 bits per heavy atom. The highest BCUT2D eigenvalue weighted by Gasteiger charge is 2.54. The van der Waals surface area contributed by atoms with Crippen LogP contribution in [0, 0.1) is 5.92 Å². The molecule has 0 aromatic heterocycles. The van der Waals surface area contributed by atoms with Crippen molar-refractivity contribution in [3.63, 3.8) is 0 Å². The molecular formula is C15H21N3O7S. The van der Waals surface area contributed by atoms with Gasteiger partial charge in [-0.15, -0.1) is 0 Å². The van der Waals surface area contributed by atoms with E-state index in [0.717, 1.165) is 0 Å². The van der Waals surface area contributed by atoms with Gasteiger partial charge in [0.05, 0.1) is 6.61 Å². The number of hydrogen-bond donors (Lipinski definition) is 5. The van der Waals surface area contributed by atoms with Crippen molar-refractivity contribution in [1.29, 1.82) is 0 Å². The molecule has 144 valence electrons. The van der Waals surface area contributed by atoms with Gasteiger partial charge in [-0.1, -0.05) is 24.1 Å². The summed E-state index contributed by atoms with van der Waals surface area (Å²) < 4.78 is 8.41. The third-order valence-corrected chi connectivity index (χ3v) is 4.83.